The third-order valence-electron chi connectivity index (χ3n) is 4.93. The van der Waals surface area contributed by atoms with Gasteiger partial charge < -0.3 is 14.6 Å². The van der Waals surface area contributed by atoms with Crippen molar-refractivity contribution in [1.29, 1.82) is 0 Å². The van der Waals surface area contributed by atoms with E-state index >= 15 is 0 Å². The molecule has 0 aliphatic carbocycles. The fraction of sp³-hybridized carbons (Fsp3) is 0.500. The van der Waals surface area contributed by atoms with E-state index in [2.05, 4.69) is 19.9 Å². The van der Waals surface area contributed by atoms with Gasteiger partial charge in [-0.05, 0) is 19.3 Å². The molecular weight excluding hydrogens is 334 g/mol. The number of nitrogens with one attached hydrogen (secondary N) is 1. The number of rotatable bonds is 4. The molecule has 136 valence electrons. The molecule has 2 aliphatic heterocycles. The summed E-state index contributed by atoms with van der Waals surface area (Å²) in [5.74, 6) is 0.489. The lowest BCUT2D eigenvalue weighted by Crippen LogP contribution is -2.39. The van der Waals surface area contributed by atoms with Gasteiger partial charge >= 0.3 is 0 Å². The number of carbonyl (C=O) groups excluding carboxylic acids is 1. The van der Waals surface area contributed by atoms with Gasteiger partial charge in [-0.1, -0.05) is 0 Å². The van der Waals surface area contributed by atoms with Gasteiger partial charge in [0.05, 0.1) is 30.1 Å². The molecule has 8 nitrogen and oxygen atoms in total. The van der Waals surface area contributed by atoms with Crippen LogP contribution in [0.2, 0.25) is 0 Å². The Morgan fingerprint density at radius 1 is 1.38 bits per heavy atom. The van der Waals surface area contributed by atoms with Gasteiger partial charge in [0.2, 0.25) is 5.91 Å². The van der Waals surface area contributed by atoms with Crippen molar-refractivity contribution in [2.24, 2.45) is 0 Å². The minimum atomic E-state index is -0.215. The third kappa shape index (κ3) is 3.50. The fourth-order valence-electron chi connectivity index (χ4n) is 3.50. The summed E-state index contributed by atoms with van der Waals surface area (Å²) >= 11 is 0. The van der Waals surface area contributed by atoms with E-state index in [1.165, 1.54) is 0 Å². The number of nitrogens with zero attached hydrogens (tertiary/aromatic N) is 4. The number of fused-ring (bicyclic) bond motifs is 1. The van der Waals surface area contributed by atoms with E-state index < -0.39 is 0 Å². The van der Waals surface area contributed by atoms with Crippen LogP contribution in [0.4, 0.5) is 0 Å². The Hall–Kier alpha value is -2.61. The summed E-state index contributed by atoms with van der Waals surface area (Å²) in [6.07, 6.45) is 8.79. The molecule has 1 fully saturated rings. The van der Waals surface area contributed by atoms with Crippen molar-refractivity contribution in [2.75, 3.05) is 13.2 Å². The summed E-state index contributed by atoms with van der Waals surface area (Å²) in [6.45, 7) is 1.68. The minimum absolute atomic E-state index is 0.0727. The molecule has 2 aliphatic rings. The standard InChI is InChI=1S/C18H21N5O3/c24-16(4-3-12-2-1-9-26-12)23-8-5-14-13(11-23)18(25)22-17(21-14)15-10-19-6-7-20-15/h6-7,10,12H,1-5,8-9,11H2,(H,21,22,25). The van der Waals surface area contributed by atoms with Crippen molar-refractivity contribution in [3.63, 3.8) is 0 Å². The zero-order valence-electron chi connectivity index (χ0n) is 14.5. The molecule has 4 rings (SSSR count). The third-order valence-corrected chi connectivity index (χ3v) is 4.93. The molecule has 0 bridgehead atoms. The fourth-order valence-corrected chi connectivity index (χ4v) is 3.50. The largest absolute Gasteiger partial charge is 0.378 e. The second kappa shape index (κ2) is 7.33. The van der Waals surface area contributed by atoms with Gasteiger partial charge in [-0.15, -0.1) is 0 Å². The normalized spacial score (nSPS) is 19.4. The first kappa shape index (κ1) is 16.8. The first-order chi connectivity index (χ1) is 12.7. The topological polar surface area (TPSA) is 101 Å². The molecule has 2 aromatic rings. The van der Waals surface area contributed by atoms with Crippen molar-refractivity contribution < 1.29 is 9.53 Å². The maximum absolute atomic E-state index is 12.5. The number of ether oxygens (including phenoxy) is 1. The highest BCUT2D eigenvalue weighted by Crippen LogP contribution is 2.20. The van der Waals surface area contributed by atoms with E-state index in [-0.39, 0.29) is 17.6 Å². The second-order valence-electron chi connectivity index (χ2n) is 6.67. The Labute approximate surface area is 150 Å². The molecular formula is C18H21N5O3. The number of H-pyrrole nitrogens is 1. The molecule has 0 saturated carbocycles. The first-order valence-electron chi connectivity index (χ1n) is 8.98. The number of amides is 1. The van der Waals surface area contributed by atoms with Gasteiger partial charge in [0.25, 0.3) is 5.56 Å². The van der Waals surface area contributed by atoms with Crippen LogP contribution in [0.25, 0.3) is 11.5 Å². The monoisotopic (exact) mass is 355 g/mol. The molecule has 0 radical (unpaired) electrons. The van der Waals surface area contributed by atoms with Crippen LogP contribution in [0.3, 0.4) is 0 Å². The maximum Gasteiger partial charge on any atom is 0.256 e. The van der Waals surface area contributed by atoms with Gasteiger partial charge in [0.1, 0.15) is 5.69 Å². The highest BCUT2D eigenvalue weighted by atomic mass is 16.5. The van der Waals surface area contributed by atoms with Crippen LogP contribution in [-0.2, 0) is 22.5 Å². The molecule has 1 unspecified atom stereocenters. The lowest BCUT2D eigenvalue weighted by Gasteiger charge is -2.28. The summed E-state index contributed by atoms with van der Waals surface area (Å²) in [5, 5.41) is 0. The molecule has 1 amide bonds. The lowest BCUT2D eigenvalue weighted by molar-refractivity contribution is -0.132. The minimum Gasteiger partial charge on any atom is -0.378 e. The van der Waals surface area contributed by atoms with E-state index in [4.69, 9.17) is 4.74 Å². The number of aromatic amines is 1. The van der Waals surface area contributed by atoms with Crippen molar-refractivity contribution in [3.05, 3.63) is 40.2 Å². The average molecular weight is 355 g/mol. The summed E-state index contributed by atoms with van der Waals surface area (Å²) in [7, 11) is 0. The van der Waals surface area contributed by atoms with Crippen LogP contribution in [0, 0.1) is 0 Å². The molecule has 4 heterocycles. The Balaban J connectivity index is 1.46. The zero-order valence-corrected chi connectivity index (χ0v) is 14.5. The van der Waals surface area contributed by atoms with Crippen molar-refractivity contribution in [1.82, 2.24) is 24.8 Å². The Bertz CT molecular complexity index is 846. The molecule has 0 spiro atoms. The lowest BCUT2D eigenvalue weighted by atomic mass is 10.1. The van der Waals surface area contributed by atoms with Crippen LogP contribution in [0.5, 0.6) is 0 Å². The van der Waals surface area contributed by atoms with E-state index in [0.29, 0.717) is 43.0 Å². The second-order valence-corrected chi connectivity index (χ2v) is 6.67. The van der Waals surface area contributed by atoms with Crippen LogP contribution >= 0.6 is 0 Å². The molecule has 8 heteroatoms. The molecule has 1 N–H and O–H groups in total. The van der Waals surface area contributed by atoms with Gasteiger partial charge in [-0.3, -0.25) is 14.6 Å². The van der Waals surface area contributed by atoms with Crippen LogP contribution < -0.4 is 5.56 Å². The van der Waals surface area contributed by atoms with E-state index in [9.17, 15) is 9.59 Å². The predicted octanol–water partition coefficient (Wildman–Crippen LogP) is 1.07. The molecule has 0 aromatic carbocycles. The molecule has 1 saturated heterocycles. The zero-order chi connectivity index (χ0) is 17.9. The van der Waals surface area contributed by atoms with E-state index in [0.717, 1.165) is 31.6 Å². The summed E-state index contributed by atoms with van der Waals surface area (Å²) in [5.41, 5.74) is 1.61. The molecule has 2 aromatic heterocycles. The summed E-state index contributed by atoms with van der Waals surface area (Å²) in [6, 6.07) is 0. The summed E-state index contributed by atoms with van der Waals surface area (Å²) in [4.78, 5) is 42.2. The number of hydrogen-bond acceptors (Lipinski definition) is 6. The Morgan fingerprint density at radius 3 is 3.08 bits per heavy atom. The van der Waals surface area contributed by atoms with Crippen LogP contribution in [-0.4, -0.2) is 50.0 Å². The number of hydrogen-bond donors (Lipinski definition) is 1. The van der Waals surface area contributed by atoms with Crippen LogP contribution in [0.15, 0.2) is 23.4 Å². The highest BCUT2D eigenvalue weighted by Gasteiger charge is 2.26. The van der Waals surface area contributed by atoms with E-state index in [1.54, 1.807) is 23.5 Å². The quantitative estimate of drug-likeness (QED) is 0.880. The molecule has 1 atom stereocenters. The van der Waals surface area contributed by atoms with Crippen LogP contribution in [0.1, 0.15) is 36.9 Å². The average Bonchev–Trinajstić information content (AvgIpc) is 3.20. The van der Waals surface area contributed by atoms with Crippen molar-refractivity contribution in [3.8, 4) is 11.5 Å². The number of aromatic nitrogens is 4. The van der Waals surface area contributed by atoms with Crippen molar-refractivity contribution >= 4 is 5.91 Å². The van der Waals surface area contributed by atoms with Gasteiger partial charge in [0, 0.05) is 38.4 Å². The number of carbonyl (C=O) groups is 1. The van der Waals surface area contributed by atoms with Gasteiger partial charge in [-0.25, -0.2) is 9.97 Å². The Kier molecular flexibility index (Phi) is 4.75. The Morgan fingerprint density at radius 2 is 2.31 bits per heavy atom. The predicted molar refractivity (Wildman–Crippen MR) is 93.2 cm³/mol. The maximum atomic E-state index is 12.5. The van der Waals surface area contributed by atoms with E-state index in [1.807, 2.05) is 0 Å². The SMILES string of the molecule is O=C(CCC1CCCO1)N1CCc2nc(-c3cnccn3)[nH]c(=O)c2C1. The smallest absolute Gasteiger partial charge is 0.256 e. The van der Waals surface area contributed by atoms with Gasteiger partial charge in [0.15, 0.2) is 5.82 Å². The summed E-state index contributed by atoms with van der Waals surface area (Å²) < 4.78 is 5.57. The van der Waals surface area contributed by atoms with Crippen molar-refractivity contribution in [2.45, 2.75) is 44.8 Å². The highest BCUT2D eigenvalue weighted by molar-refractivity contribution is 5.76. The first-order valence-corrected chi connectivity index (χ1v) is 8.98. The van der Waals surface area contributed by atoms with Gasteiger partial charge in [-0.2, -0.15) is 0 Å². The molecule has 26 heavy (non-hydrogen) atoms.